The molecule has 0 aliphatic carbocycles. The highest BCUT2D eigenvalue weighted by Crippen LogP contribution is 2.23. The van der Waals surface area contributed by atoms with Gasteiger partial charge >= 0.3 is 0 Å². The van der Waals surface area contributed by atoms with Crippen molar-refractivity contribution in [2.24, 2.45) is 7.05 Å². The summed E-state index contributed by atoms with van der Waals surface area (Å²) in [6.45, 7) is 0. The minimum Gasteiger partial charge on any atom is -0.338 e. The van der Waals surface area contributed by atoms with E-state index in [0.29, 0.717) is 16.4 Å². The van der Waals surface area contributed by atoms with Crippen molar-refractivity contribution in [2.45, 2.75) is 6.04 Å². The van der Waals surface area contributed by atoms with Gasteiger partial charge in [0.2, 0.25) is 0 Å². The fraction of sp³-hybridized carbons (Fsp3) is 0.111. The average Bonchev–Trinajstić information content (AvgIpc) is 3.01. The highest BCUT2D eigenvalue weighted by atomic mass is 35.5. The lowest BCUT2D eigenvalue weighted by atomic mass is 10.1. The third-order valence-corrected chi connectivity index (χ3v) is 4.02. The number of carbonyl (C=O) groups is 1. The summed E-state index contributed by atoms with van der Waals surface area (Å²) < 4.78 is 29.0. The lowest BCUT2D eigenvalue weighted by Gasteiger charge is -2.19. The van der Waals surface area contributed by atoms with Crippen molar-refractivity contribution in [3.63, 3.8) is 0 Å². The number of benzene rings is 2. The first-order valence-electron chi connectivity index (χ1n) is 7.44. The average molecular weight is 362 g/mol. The highest BCUT2D eigenvalue weighted by molar-refractivity contribution is 6.30. The molecule has 1 N–H and O–H groups in total. The molecule has 0 spiro atoms. The molecule has 4 nitrogen and oxygen atoms in total. The summed E-state index contributed by atoms with van der Waals surface area (Å²) in [5.41, 5.74) is 0.344. The first-order valence-corrected chi connectivity index (χ1v) is 7.82. The molecule has 0 saturated heterocycles. The van der Waals surface area contributed by atoms with Gasteiger partial charge in [-0.1, -0.05) is 23.7 Å². The quantitative estimate of drug-likeness (QED) is 0.766. The number of amides is 1. The minimum atomic E-state index is -0.798. The van der Waals surface area contributed by atoms with Gasteiger partial charge in [0.25, 0.3) is 5.91 Å². The summed E-state index contributed by atoms with van der Waals surface area (Å²) in [7, 11) is 1.78. The van der Waals surface area contributed by atoms with Crippen LogP contribution in [0.15, 0.2) is 54.9 Å². The number of hydrogen-bond acceptors (Lipinski definition) is 2. The maximum absolute atomic E-state index is 13.9. The van der Waals surface area contributed by atoms with Gasteiger partial charge in [-0.3, -0.25) is 4.79 Å². The fourth-order valence-corrected chi connectivity index (χ4v) is 2.61. The van der Waals surface area contributed by atoms with E-state index in [0.717, 1.165) is 18.2 Å². The highest BCUT2D eigenvalue weighted by Gasteiger charge is 2.23. The Kier molecular flexibility index (Phi) is 4.81. The first kappa shape index (κ1) is 17.1. The normalized spacial score (nSPS) is 12.0. The van der Waals surface area contributed by atoms with Crippen LogP contribution in [0.25, 0.3) is 0 Å². The standard InChI is InChI=1S/C18H14ClF2N3O/c1-24-9-8-22-17(24)16(11-2-4-12(19)5-3-11)23-18(25)14-10-13(20)6-7-15(14)21/h2-10,16H,1H3,(H,23,25)/t16-/m1/s1. The van der Waals surface area contributed by atoms with Gasteiger partial charge in [-0.15, -0.1) is 0 Å². The van der Waals surface area contributed by atoms with Gasteiger partial charge in [-0.2, -0.15) is 0 Å². The molecule has 2 aromatic carbocycles. The second kappa shape index (κ2) is 7.03. The number of carbonyl (C=O) groups excluding carboxylic acids is 1. The second-order valence-corrected chi connectivity index (χ2v) is 5.91. The Morgan fingerprint density at radius 3 is 2.56 bits per heavy atom. The molecule has 0 saturated carbocycles. The molecule has 0 unspecified atom stereocenters. The van der Waals surface area contributed by atoms with Crippen LogP contribution >= 0.6 is 11.6 Å². The zero-order valence-corrected chi connectivity index (χ0v) is 14.0. The maximum atomic E-state index is 13.9. The fourth-order valence-electron chi connectivity index (χ4n) is 2.49. The Labute approximate surface area is 148 Å². The van der Waals surface area contributed by atoms with Crippen LogP contribution in [0.1, 0.15) is 27.8 Å². The van der Waals surface area contributed by atoms with Crippen molar-refractivity contribution >= 4 is 17.5 Å². The maximum Gasteiger partial charge on any atom is 0.255 e. The molecule has 0 aliphatic rings. The number of aryl methyl sites for hydroxylation is 1. The summed E-state index contributed by atoms with van der Waals surface area (Å²) in [6, 6.07) is 8.94. The Hall–Kier alpha value is -2.73. The van der Waals surface area contributed by atoms with E-state index in [4.69, 9.17) is 11.6 Å². The summed E-state index contributed by atoms with van der Waals surface area (Å²) in [5.74, 6) is -1.67. The lowest BCUT2D eigenvalue weighted by molar-refractivity contribution is 0.0936. The Morgan fingerprint density at radius 1 is 1.20 bits per heavy atom. The summed E-state index contributed by atoms with van der Waals surface area (Å²) in [4.78, 5) is 16.7. The van der Waals surface area contributed by atoms with Gasteiger partial charge in [-0.05, 0) is 35.9 Å². The van der Waals surface area contributed by atoms with Crippen LogP contribution in [-0.2, 0) is 7.05 Å². The molecule has 3 rings (SSSR count). The van der Waals surface area contributed by atoms with E-state index >= 15 is 0 Å². The zero-order valence-electron chi connectivity index (χ0n) is 13.2. The molecule has 0 bridgehead atoms. The molecule has 3 aromatic rings. The lowest BCUT2D eigenvalue weighted by Crippen LogP contribution is -2.31. The predicted molar refractivity (Wildman–Crippen MR) is 90.3 cm³/mol. The van der Waals surface area contributed by atoms with Crippen molar-refractivity contribution in [1.29, 1.82) is 0 Å². The molecular weight excluding hydrogens is 348 g/mol. The van der Waals surface area contributed by atoms with E-state index in [1.54, 1.807) is 48.3 Å². The Morgan fingerprint density at radius 2 is 1.92 bits per heavy atom. The molecule has 0 aliphatic heterocycles. The van der Waals surface area contributed by atoms with Crippen molar-refractivity contribution in [3.8, 4) is 0 Å². The van der Waals surface area contributed by atoms with Crippen LogP contribution in [0.5, 0.6) is 0 Å². The van der Waals surface area contributed by atoms with E-state index < -0.39 is 23.6 Å². The molecule has 0 radical (unpaired) electrons. The zero-order chi connectivity index (χ0) is 18.0. The van der Waals surface area contributed by atoms with Gasteiger partial charge in [0, 0.05) is 24.5 Å². The van der Waals surface area contributed by atoms with Crippen molar-refractivity contribution in [1.82, 2.24) is 14.9 Å². The van der Waals surface area contributed by atoms with Gasteiger partial charge in [-0.25, -0.2) is 13.8 Å². The molecule has 1 heterocycles. The van der Waals surface area contributed by atoms with Crippen LogP contribution in [0.2, 0.25) is 5.02 Å². The third-order valence-electron chi connectivity index (χ3n) is 3.77. The number of halogens is 3. The van der Waals surface area contributed by atoms with E-state index in [2.05, 4.69) is 10.3 Å². The molecule has 25 heavy (non-hydrogen) atoms. The summed E-state index contributed by atoms with van der Waals surface area (Å²) in [5, 5.41) is 3.25. The van der Waals surface area contributed by atoms with Gasteiger partial charge in [0.15, 0.2) is 0 Å². The van der Waals surface area contributed by atoms with Gasteiger partial charge < -0.3 is 9.88 Å². The molecule has 7 heteroatoms. The topological polar surface area (TPSA) is 46.9 Å². The second-order valence-electron chi connectivity index (χ2n) is 5.48. The monoisotopic (exact) mass is 361 g/mol. The van der Waals surface area contributed by atoms with Crippen LogP contribution in [0.3, 0.4) is 0 Å². The number of hydrogen-bond donors (Lipinski definition) is 1. The SMILES string of the molecule is Cn1ccnc1[C@H](NC(=O)c1cc(F)ccc1F)c1ccc(Cl)cc1. The van der Waals surface area contributed by atoms with Crippen molar-refractivity contribution < 1.29 is 13.6 Å². The smallest absolute Gasteiger partial charge is 0.255 e. The molecule has 1 amide bonds. The van der Waals surface area contributed by atoms with Crippen LogP contribution in [0.4, 0.5) is 8.78 Å². The number of nitrogens with one attached hydrogen (secondary N) is 1. The largest absolute Gasteiger partial charge is 0.338 e. The Balaban J connectivity index is 1.98. The number of rotatable bonds is 4. The number of aromatic nitrogens is 2. The summed E-state index contributed by atoms with van der Waals surface area (Å²) >= 11 is 5.91. The van der Waals surface area contributed by atoms with Crippen molar-refractivity contribution in [2.75, 3.05) is 0 Å². The Bertz CT molecular complexity index is 909. The van der Waals surface area contributed by atoms with Crippen LogP contribution in [-0.4, -0.2) is 15.5 Å². The molecule has 1 aromatic heterocycles. The minimum absolute atomic E-state index is 0.367. The van der Waals surface area contributed by atoms with E-state index in [1.165, 1.54) is 0 Å². The van der Waals surface area contributed by atoms with Crippen molar-refractivity contribution in [3.05, 3.63) is 88.5 Å². The van der Waals surface area contributed by atoms with E-state index in [1.807, 2.05) is 0 Å². The van der Waals surface area contributed by atoms with Crippen LogP contribution < -0.4 is 5.32 Å². The molecule has 0 fully saturated rings. The summed E-state index contributed by atoms with van der Waals surface area (Å²) in [6.07, 6.45) is 3.32. The van der Waals surface area contributed by atoms with Gasteiger partial charge in [0.1, 0.15) is 23.5 Å². The molecule has 128 valence electrons. The molecular formula is C18H14ClF2N3O. The van der Waals surface area contributed by atoms with E-state index in [-0.39, 0.29) is 5.56 Å². The predicted octanol–water partition coefficient (Wildman–Crippen LogP) is 3.87. The third kappa shape index (κ3) is 3.69. The first-order chi connectivity index (χ1) is 12.0. The number of imidazole rings is 1. The number of nitrogens with zero attached hydrogens (tertiary/aromatic N) is 2. The van der Waals surface area contributed by atoms with Gasteiger partial charge in [0.05, 0.1) is 5.56 Å². The van der Waals surface area contributed by atoms with E-state index in [9.17, 15) is 13.6 Å². The molecule has 1 atom stereocenters. The van der Waals surface area contributed by atoms with Crippen LogP contribution in [0, 0.1) is 11.6 Å².